The molecule has 0 N–H and O–H groups in total. The smallest absolute Gasteiger partial charge is 0.192 e. The Bertz CT molecular complexity index is 270. The van der Waals surface area contributed by atoms with Crippen LogP contribution in [0.2, 0.25) is 0 Å². The Morgan fingerprint density at radius 1 is 1.58 bits per heavy atom. The summed E-state index contributed by atoms with van der Waals surface area (Å²) in [6.07, 6.45) is 4.91. The molecule has 4 heteroatoms. The lowest BCUT2D eigenvalue weighted by Gasteiger charge is -2.25. The van der Waals surface area contributed by atoms with Crippen molar-refractivity contribution < 1.29 is 4.79 Å². The van der Waals surface area contributed by atoms with E-state index in [1.807, 2.05) is 6.92 Å². The molecule has 12 heavy (non-hydrogen) atoms. The maximum Gasteiger partial charge on any atom is 0.192 e. The summed E-state index contributed by atoms with van der Waals surface area (Å²) in [4.78, 5) is 10.5. The molecule has 0 aromatic rings. The van der Waals surface area contributed by atoms with Crippen LogP contribution in [0.3, 0.4) is 0 Å². The van der Waals surface area contributed by atoms with Crippen molar-refractivity contribution in [3.8, 4) is 0 Å². The van der Waals surface area contributed by atoms with Crippen LogP contribution in [0.25, 0.3) is 0 Å². The van der Waals surface area contributed by atoms with E-state index < -0.39 is 10.3 Å². The number of hydrogen-bond acceptors (Lipinski definition) is 1. The van der Waals surface area contributed by atoms with Gasteiger partial charge in [-0.05, 0) is 28.9 Å². The van der Waals surface area contributed by atoms with Gasteiger partial charge in [0, 0.05) is 5.41 Å². The van der Waals surface area contributed by atoms with Gasteiger partial charge in [-0.3, -0.25) is 4.79 Å². The fraction of sp³-hybridized carbons (Fsp3) is 0.375. The fourth-order valence-corrected chi connectivity index (χ4v) is 1.76. The fourth-order valence-electron chi connectivity index (χ4n) is 0.863. The zero-order chi connectivity index (χ0) is 9.35. The minimum Gasteiger partial charge on any atom is -0.289 e. The van der Waals surface area contributed by atoms with E-state index in [0.29, 0.717) is 4.48 Å². The molecule has 0 saturated carbocycles. The number of ketones is 1. The molecule has 0 aliphatic heterocycles. The lowest BCUT2D eigenvalue weighted by Crippen LogP contribution is -2.22. The van der Waals surface area contributed by atoms with Crippen molar-refractivity contribution >= 4 is 44.9 Å². The van der Waals surface area contributed by atoms with E-state index in [0.717, 1.165) is 0 Å². The van der Waals surface area contributed by atoms with Crippen LogP contribution in [0.5, 0.6) is 0 Å². The lowest BCUT2D eigenvalue weighted by molar-refractivity contribution is -0.110. The predicted octanol–water partition coefficient (Wildman–Crippen LogP) is 3.21. The van der Waals surface area contributed by atoms with Gasteiger partial charge in [-0.1, -0.05) is 12.2 Å². The van der Waals surface area contributed by atoms with Crippen LogP contribution in [-0.2, 0) is 4.79 Å². The molecule has 0 fully saturated rings. The zero-order valence-electron chi connectivity index (χ0n) is 6.35. The van der Waals surface area contributed by atoms with Crippen LogP contribution in [0.15, 0.2) is 22.7 Å². The zero-order valence-corrected chi connectivity index (χ0v) is 9.45. The SMILES string of the molecule is CC1(C(Cl)Cl)C=CC(=O)C(Br)=C1. The number of rotatable bonds is 1. The number of hydrogen-bond donors (Lipinski definition) is 0. The van der Waals surface area contributed by atoms with Crippen LogP contribution < -0.4 is 0 Å². The molecule has 0 spiro atoms. The molecule has 0 saturated heterocycles. The normalized spacial score (nSPS) is 29.4. The number of carbonyl (C=O) groups is 1. The van der Waals surface area contributed by atoms with Gasteiger partial charge in [-0.2, -0.15) is 0 Å². The van der Waals surface area contributed by atoms with Gasteiger partial charge < -0.3 is 0 Å². The Morgan fingerprint density at radius 3 is 2.58 bits per heavy atom. The standard InChI is InChI=1S/C8H7BrCl2O/c1-8(7(10)11)3-2-6(12)5(9)4-8/h2-4,7H,1H3. The molecule has 0 aromatic heterocycles. The van der Waals surface area contributed by atoms with Crippen LogP contribution in [0.4, 0.5) is 0 Å². The first-order valence-electron chi connectivity index (χ1n) is 3.36. The molecule has 1 atom stereocenters. The van der Waals surface area contributed by atoms with Crippen molar-refractivity contribution in [1.29, 1.82) is 0 Å². The van der Waals surface area contributed by atoms with E-state index in [1.165, 1.54) is 6.08 Å². The molecule has 1 unspecified atom stereocenters. The summed E-state index contributed by atoms with van der Waals surface area (Å²) in [5, 5.41) is 0. The van der Waals surface area contributed by atoms with Gasteiger partial charge in [0.05, 0.1) is 4.48 Å². The summed E-state index contributed by atoms with van der Waals surface area (Å²) in [7, 11) is 0. The molecule has 0 heterocycles. The highest BCUT2D eigenvalue weighted by Gasteiger charge is 2.30. The third-order valence-electron chi connectivity index (χ3n) is 1.74. The minimum atomic E-state index is -0.547. The summed E-state index contributed by atoms with van der Waals surface area (Å²) in [5.41, 5.74) is -0.449. The summed E-state index contributed by atoms with van der Waals surface area (Å²) < 4.78 is 0.513. The maximum absolute atomic E-state index is 11.0. The first-order valence-corrected chi connectivity index (χ1v) is 5.02. The molecule has 0 bridgehead atoms. The van der Waals surface area contributed by atoms with Crippen molar-refractivity contribution in [1.82, 2.24) is 0 Å². The monoisotopic (exact) mass is 268 g/mol. The van der Waals surface area contributed by atoms with Crippen molar-refractivity contribution in [2.45, 2.75) is 11.8 Å². The number of alkyl halides is 2. The van der Waals surface area contributed by atoms with Crippen LogP contribution >= 0.6 is 39.1 Å². The van der Waals surface area contributed by atoms with E-state index >= 15 is 0 Å². The van der Waals surface area contributed by atoms with E-state index in [1.54, 1.807) is 12.2 Å². The van der Waals surface area contributed by atoms with Crippen LogP contribution in [0, 0.1) is 5.41 Å². The van der Waals surface area contributed by atoms with Crippen molar-refractivity contribution in [3.05, 3.63) is 22.7 Å². The average molecular weight is 270 g/mol. The van der Waals surface area contributed by atoms with Gasteiger partial charge in [-0.15, -0.1) is 23.2 Å². The summed E-state index contributed by atoms with van der Waals surface area (Å²) in [5.74, 6) is -0.0542. The molecular weight excluding hydrogens is 263 g/mol. The molecule has 66 valence electrons. The van der Waals surface area contributed by atoms with E-state index in [9.17, 15) is 4.79 Å². The van der Waals surface area contributed by atoms with Crippen molar-refractivity contribution in [3.63, 3.8) is 0 Å². The van der Waals surface area contributed by atoms with Crippen LogP contribution in [0.1, 0.15) is 6.92 Å². The Labute approximate surface area is 89.5 Å². The van der Waals surface area contributed by atoms with E-state index in [2.05, 4.69) is 15.9 Å². The third kappa shape index (κ3) is 1.93. The second-order valence-electron chi connectivity index (χ2n) is 2.86. The largest absolute Gasteiger partial charge is 0.289 e. The number of halogens is 3. The van der Waals surface area contributed by atoms with Crippen LogP contribution in [-0.4, -0.2) is 10.6 Å². The van der Waals surface area contributed by atoms with E-state index in [-0.39, 0.29) is 5.78 Å². The molecule has 0 radical (unpaired) electrons. The molecule has 0 amide bonds. The van der Waals surface area contributed by atoms with Gasteiger partial charge in [0.1, 0.15) is 4.84 Å². The van der Waals surface area contributed by atoms with Gasteiger partial charge in [0.15, 0.2) is 5.78 Å². The number of carbonyl (C=O) groups excluding carboxylic acids is 1. The van der Waals surface area contributed by atoms with Gasteiger partial charge in [-0.25, -0.2) is 0 Å². The van der Waals surface area contributed by atoms with Gasteiger partial charge in [0.2, 0.25) is 0 Å². The lowest BCUT2D eigenvalue weighted by atomic mass is 9.88. The summed E-state index contributed by atoms with van der Waals surface area (Å²) >= 11 is 14.6. The molecule has 1 rings (SSSR count). The quantitative estimate of drug-likeness (QED) is 0.668. The highest BCUT2D eigenvalue weighted by molar-refractivity contribution is 9.12. The average Bonchev–Trinajstić information content (AvgIpc) is 1.97. The predicted molar refractivity (Wildman–Crippen MR) is 54.8 cm³/mol. The molecule has 1 aliphatic rings. The van der Waals surface area contributed by atoms with Crippen molar-refractivity contribution in [2.24, 2.45) is 5.41 Å². The first-order chi connectivity index (χ1) is 5.46. The summed E-state index contributed by atoms with van der Waals surface area (Å²) in [6, 6.07) is 0. The molecular formula is C8H7BrCl2O. The topological polar surface area (TPSA) is 17.1 Å². The Kier molecular flexibility index (Phi) is 3.02. The van der Waals surface area contributed by atoms with E-state index in [4.69, 9.17) is 23.2 Å². The van der Waals surface area contributed by atoms with Crippen molar-refractivity contribution in [2.75, 3.05) is 0 Å². The molecule has 1 aliphatic carbocycles. The third-order valence-corrected chi connectivity index (χ3v) is 3.30. The first kappa shape index (κ1) is 10.3. The Morgan fingerprint density at radius 2 is 2.17 bits per heavy atom. The minimum absolute atomic E-state index is 0.0542. The van der Waals surface area contributed by atoms with Gasteiger partial charge in [0.25, 0.3) is 0 Å². The second kappa shape index (κ2) is 3.52. The highest BCUT2D eigenvalue weighted by Crippen LogP contribution is 2.37. The Hall–Kier alpha value is 0.210. The highest BCUT2D eigenvalue weighted by atomic mass is 79.9. The maximum atomic E-state index is 11.0. The number of allylic oxidation sites excluding steroid dienone is 4. The van der Waals surface area contributed by atoms with Gasteiger partial charge >= 0.3 is 0 Å². The molecule has 1 nitrogen and oxygen atoms in total. The second-order valence-corrected chi connectivity index (χ2v) is 4.81. The Balaban J connectivity index is 2.99. The molecule has 0 aromatic carbocycles. The summed E-state index contributed by atoms with van der Waals surface area (Å²) in [6.45, 7) is 1.86.